The fraction of sp³-hybridized carbons (Fsp3) is 0.529. The summed E-state index contributed by atoms with van der Waals surface area (Å²) in [7, 11) is 0. The molecule has 98 valence electrons. The Kier molecular flexibility index (Phi) is 18.7. The van der Waals surface area contributed by atoms with Crippen molar-refractivity contribution >= 4 is 6.08 Å². The van der Waals surface area contributed by atoms with Crippen LogP contribution in [0, 0.1) is 0 Å². The maximum Gasteiger partial charge on any atom is -0.0260 e. The summed E-state index contributed by atoms with van der Waals surface area (Å²) in [5.41, 5.74) is 1.26. The second kappa shape index (κ2) is 17.4. The van der Waals surface area contributed by atoms with Crippen molar-refractivity contribution in [2.24, 2.45) is 0 Å². The van der Waals surface area contributed by atoms with Gasteiger partial charge in [0.15, 0.2) is 0 Å². The normalized spacial score (nSPS) is 9.00. The van der Waals surface area contributed by atoms with E-state index in [9.17, 15) is 0 Å². The molecule has 0 spiro atoms. The Morgan fingerprint density at radius 3 is 1.47 bits per heavy atom. The number of hydrogen-bond donors (Lipinski definition) is 0. The lowest BCUT2D eigenvalue weighted by Crippen LogP contribution is -1.65. The first-order chi connectivity index (χ1) is 8.26. The van der Waals surface area contributed by atoms with E-state index in [-0.39, 0.29) is 0 Å². The van der Waals surface area contributed by atoms with Crippen LogP contribution in [0.1, 0.15) is 65.9 Å². The lowest BCUT2D eigenvalue weighted by molar-refractivity contribution is 0.886. The summed E-state index contributed by atoms with van der Waals surface area (Å²) in [6.07, 6.45) is 9.40. The van der Waals surface area contributed by atoms with Gasteiger partial charge in [-0.25, -0.2) is 0 Å². The first kappa shape index (κ1) is 18.3. The molecule has 1 rings (SSSR count). The second-order valence-electron chi connectivity index (χ2n) is 3.91. The van der Waals surface area contributed by atoms with Gasteiger partial charge in [0, 0.05) is 0 Å². The minimum atomic E-state index is 1.26. The van der Waals surface area contributed by atoms with Crippen molar-refractivity contribution in [3.05, 3.63) is 42.0 Å². The number of rotatable bonds is 3. The van der Waals surface area contributed by atoms with Crippen molar-refractivity contribution in [1.29, 1.82) is 0 Å². The quantitative estimate of drug-likeness (QED) is 0.573. The van der Waals surface area contributed by atoms with E-state index < -0.39 is 0 Å². The van der Waals surface area contributed by atoms with Gasteiger partial charge in [-0.3, -0.25) is 0 Å². The summed E-state index contributed by atoms with van der Waals surface area (Å²) in [5, 5.41) is 0. The van der Waals surface area contributed by atoms with E-state index in [0.717, 1.165) is 0 Å². The molecule has 0 fully saturated rings. The number of allylic oxidation sites excluding steroid dienone is 1. The highest BCUT2D eigenvalue weighted by atomic mass is 13.8. The van der Waals surface area contributed by atoms with Gasteiger partial charge >= 0.3 is 0 Å². The second-order valence-corrected chi connectivity index (χ2v) is 3.91. The van der Waals surface area contributed by atoms with Crippen LogP contribution >= 0.6 is 0 Å². The summed E-state index contributed by atoms with van der Waals surface area (Å²) >= 11 is 0. The van der Waals surface area contributed by atoms with Crippen molar-refractivity contribution in [2.45, 2.75) is 60.3 Å². The van der Waals surface area contributed by atoms with Crippen LogP contribution in [0.2, 0.25) is 0 Å². The molecule has 0 aliphatic heterocycles. The molecule has 0 nitrogen and oxygen atoms in total. The van der Waals surface area contributed by atoms with Crippen molar-refractivity contribution < 1.29 is 0 Å². The van der Waals surface area contributed by atoms with Crippen LogP contribution in [0.15, 0.2) is 36.4 Å². The van der Waals surface area contributed by atoms with Gasteiger partial charge in [0.2, 0.25) is 0 Å². The van der Waals surface area contributed by atoms with Crippen LogP contribution in [0.25, 0.3) is 6.08 Å². The Balaban J connectivity index is 0. The Morgan fingerprint density at radius 2 is 1.18 bits per heavy atom. The molecular formula is C17H30. The third-order valence-electron chi connectivity index (χ3n) is 2.16. The van der Waals surface area contributed by atoms with Gasteiger partial charge in [-0.15, -0.1) is 0 Å². The van der Waals surface area contributed by atoms with Crippen molar-refractivity contribution in [2.75, 3.05) is 0 Å². The van der Waals surface area contributed by atoms with Gasteiger partial charge in [0.25, 0.3) is 0 Å². The molecular weight excluding hydrogens is 204 g/mol. The predicted molar refractivity (Wildman–Crippen MR) is 82.3 cm³/mol. The summed E-state index contributed by atoms with van der Waals surface area (Å²) < 4.78 is 0. The van der Waals surface area contributed by atoms with Gasteiger partial charge in [0.05, 0.1) is 0 Å². The zero-order valence-corrected chi connectivity index (χ0v) is 12.4. The number of hydrogen-bond acceptors (Lipinski definition) is 0. The maximum atomic E-state index is 2.18. The van der Waals surface area contributed by atoms with Crippen molar-refractivity contribution in [3.63, 3.8) is 0 Å². The molecule has 0 heterocycles. The molecule has 0 heteroatoms. The SMILES string of the molecule is C/C=C/c1ccccc1.CCCC.CCCC. The van der Waals surface area contributed by atoms with Gasteiger partial charge < -0.3 is 0 Å². The molecule has 0 saturated heterocycles. The highest BCUT2D eigenvalue weighted by Crippen LogP contribution is 1.99. The predicted octanol–water partition coefficient (Wildman–Crippen LogP) is 6.33. The summed E-state index contributed by atoms with van der Waals surface area (Å²) in [6.45, 7) is 10.7. The highest BCUT2D eigenvalue weighted by Gasteiger charge is 1.77. The molecule has 0 aromatic heterocycles. The zero-order chi connectivity index (χ0) is 13.4. The molecule has 1 aromatic rings. The minimum Gasteiger partial charge on any atom is -0.0871 e. The molecule has 17 heavy (non-hydrogen) atoms. The van der Waals surface area contributed by atoms with Crippen LogP contribution < -0.4 is 0 Å². The van der Waals surface area contributed by atoms with Gasteiger partial charge in [0.1, 0.15) is 0 Å². The Hall–Kier alpha value is -1.04. The molecule has 0 aliphatic rings. The molecule has 1 aromatic carbocycles. The molecule has 0 bridgehead atoms. The van der Waals surface area contributed by atoms with E-state index >= 15 is 0 Å². The average Bonchev–Trinajstić information content (AvgIpc) is 2.41. The molecule has 0 amide bonds. The first-order valence-corrected chi connectivity index (χ1v) is 6.94. The minimum absolute atomic E-state index is 1.26. The Bertz CT molecular complexity index is 225. The highest BCUT2D eigenvalue weighted by molar-refractivity contribution is 5.47. The number of unbranched alkanes of at least 4 members (excludes halogenated alkanes) is 2. The van der Waals surface area contributed by atoms with E-state index in [1.165, 1.54) is 31.2 Å². The van der Waals surface area contributed by atoms with E-state index in [1.807, 2.05) is 31.2 Å². The smallest absolute Gasteiger partial charge is 0.0260 e. The van der Waals surface area contributed by atoms with Crippen molar-refractivity contribution in [1.82, 2.24) is 0 Å². The molecule has 0 atom stereocenters. The molecule has 0 radical (unpaired) electrons. The molecule has 0 N–H and O–H groups in total. The van der Waals surface area contributed by atoms with Gasteiger partial charge in [-0.05, 0) is 12.5 Å². The topological polar surface area (TPSA) is 0 Å². The summed E-state index contributed by atoms with van der Waals surface area (Å²) in [4.78, 5) is 0. The van der Waals surface area contributed by atoms with Crippen LogP contribution in [0.5, 0.6) is 0 Å². The largest absolute Gasteiger partial charge is 0.0871 e. The van der Waals surface area contributed by atoms with Crippen LogP contribution in [0.4, 0.5) is 0 Å². The van der Waals surface area contributed by atoms with Crippen LogP contribution in [-0.4, -0.2) is 0 Å². The van der Waals surface area contributed by atoms with Gasteiger partial charge in [-0.2, -0.15) is 0 Å². The first-order valence-electron chi connectivity index (χ1n) is 6.94. The van der Waals surface area contributed by atoms with Crippen LogP contribution in [0.3, 0.4) is 0 Å². The fourth-order valence-corrected chi connectivity index (χ4v) is 0.757. The third kappa shape index (κ3) is 17.6. The molecule has 0 unspecified atom stereocenters. The van der Waals surface area contributed by atoms with E-state index in [2.05, 4.69) is 45.9 Å². The van der Waals surface area contributed by atoms with E-state index in [4.69, 9.17) is 0 Å². The van der Waals surface area contributed by atoms with Crippen LogP contribution in [-0.2, 0) is 0 Å². The zero-order valence-electron chi connectivity index (χ0n) is 12.4. The monoisotopic (exact) mass is 234 g/mol. The van der Waals surface area contributed by atoms with Crippen molar-refractivity contribution in [3.8, 4) is 0 Å². The summed E-state index contributed by atoms with van der Waals surface area (Å²) in [6, 6.07) is 10.3. The average molecular weight is 234 g/mol. The summed E-state index contributed by atoms with van der Waals surface area (Å²) in [5.74, 6) is 0. The fourth-order valence-electron chi connectivity index (χ4n) is 0.757. The maximum absolute atomic E-state index is 2.18. The van der Waals surface area contributed by atoms with E-state index in [0.29, 0.717) is 0 Å². The molecule has 0 aliphatic carbocycles. The van der Waals surface area contributed by atoms with Gasteiger partial charge in [-0.1, -0.05) is 95.9 Å². The molecule has 0 saturated carbocycles. The lowest BCUT2D eigenvalue weighted by Gasteiger charge is -1.86. The Labute approximate surface area is 109 Å². The Morgan fingerprint density at radius 1 is 0.765 bits per heavy atom. The standard InChI is InChI=1S/C9H10.2C4H10/c1-2-6-9-7-4-3-5-8-9;2*1-3-4-2/h2-8H,1H3;2*3-4H2,1-2H3/b6-2+;;. The third-order valence-corrected chi connectivity index (χ3v) is 2.16. The lowest BCUT2D eigenvalue weighted by atomic mass is 10.2. The number of benzene rings is 1. The van der Waals surface area contributed by atoms with E-state index in [1.54, 1.807) is 0 Å².